The molecule has 0 unspecified atom stereocenters. The smallest absolute Gasteiger partial charge is 0.142 e. The molecule has 2 nitrogen and oxygen atoms in total. The van der Waals surface area contributed by atoms with E-state index in [1.165, 1.54) is 0 Å². The van der Waals surface area contributed by atoms with Gasteiger partial charge in [0, 0.05) is 27.0 Å². The normalized spacial score (nSPS) is 10.6. The van der Waals surface area contributed by atoms with Gasteiger partial charge in [0.15, 0.2) is 0 Å². The average molecular weight is 323 g/mol. The predicted octanol–water partition coefficient (Wildman–Crippen LogP) is 4.70. The van der Waals surface area contributed by atoms with Gasteiger partial charge >= 0.3 is 0 Å². The Morgan fingerprint density at radius 1 is 1.12 bits per heavy atom. The van der Waals surface area contributed by atoms with Gasteiger partial charge in [0.1, 0.15) is 15.7 Å². The highest BCUT2D eigenvalue weighted by Crippen LogP contribution is 2.30. The van der Waals surface area contributed by atoms with E-state index in [9.17, 15) is 0 Å². The largest absolute Gasteiger partial charge is 0.243 e. The minimum atomic E-state index is 0.958. The maximum Gasteiger partial charge on any atom is 0.142 e. The van der Waals surface area contributed by atoms with Gasteiger partial charge < -0.3 is 0 Å². The summed E-state index contributed by atoms with van der Waals surface area (Å²) in [6.45, 7) is 0. The van der Waals surface area contributed by atoms with E-state index in [2.05, 4.69) is 43.4 Å². The molecule has 0 aliphatic carbocycles. The Labute approximate surface area is 115 Å². The van der Waals surface area contributed by atoms with Gasteiger partial charge in [-0.3, -0.25) is 0 Å². The topological polar surface area (TPSA) is 25.8 Å². The molecule has 84 valence electrons. The quantitative estimate of drug-likeness (QED) is 0.683. The minimum absolute atomic E-state index is 0.958. The molecule has 0 bridgehead atoms. The lowest BCUT2D eigenvalue weighted by atomic mass is 10.2. The third-order valence-electron chi connectivity index (χ3n) is 2.23. The van der Waals surface area contributed by atoms with Crippen LogP contribution >= 0.6 is 38.6 Å². The lowest BCUT2D eigenvalue weighted by molar-refractivity contribution is 1.34. The summed E-state index contributed by atoms with van der Waals surface area (Å²) in [6.07, 6.45) is 1.80. The molecule has 0 saturated heterocycles. The van der Waals surface area contributed by atoms with Crippen molar-refractivity contribution in [1.29, 1.82) is 0 Å². The van der Waals surface area contributed by atoms with Gasteiger partial charge in [-0.25, -0.2) is 9.97 Å². The summed E-state index contributed by atoms with van der Waals surface area (Å²) < 4.78 is 1.07. The third kappa shape index (κ3) is 2.31. The molecule has 0 N–H and O–H groups in total. The molecule has 17 heavy (non-hydrogen) atoms. The number of hydrogen-bond donors (Lipinski definition) is 0. The van der Waals surface area contributed by atoms with Crippen molar-refractivity contribution in [3.05, 3.63) is 45.7 Å². The van der Waals surface area contributed by atoms with Gasteiger partial charge in [0.05, 0.1) is 0 Å². The van der Waals surface area contributed by atoms with Crippen LogP contribution in [0.2, 0.25) is 0 Å². The number of thiazole rings is 2. The van der Waals surface area contributed by atoms with Crippen LogP contribution < -0.4 is 0 Å². The zero-order chi connectivity index (χ0) is 11.7. The lowest BCUT2D eigenvalue weighted by Crippen LogP contribution is -1.78. The van der Waals surface area contributed by atoms with Crippen LogP contribution in [-0.2, 0) is 0 Å². The van der Waals surface area contributed by atoms with E-state index >= 15 is 0 Å². The van der Waals surface area contributed by atoms with Crippen molar-refractivity contribution in [3.8, 4) is 21.3 Å². The number of hydrogen-bond acceptors (Lipinski definition) is 4. The van der Waals surface area contributed by atoms with Crippen LogP contribution in [0.3, 0.4) is 0 Å². The second-order valence-electron chi connectivity index (χ2n) is 3.39. The van der Waals surface area contributed by atoms with Gasteiger partial charge in [-0.05, 0) is 12.1 Å². The third-order valence-corrected chi connectivity index (χ3v) is 4.41. The van der Waals surface area contributed by atoms with Gasteiger partial charge in [-0.2, -0.15) is 0 Å². The van der Waals surface area contributed by atoms with Crippen LogP contribution in [0.15, 0.2) is 45.7 Å². The number of nitrogens with zero attached hydrogens (tertiary/aromatic N) is 2. The Balaban J connectivity index is 2.01. The second-order valence-corrected chi connectivity index (χ2v) is 6.05. The van der Waals surface area contributed by atoms with Crippen molar-refractivity contribution in [2.75, 3.05) is 0 Å². The van der Waals surface area contributed by atoms with Crippen LogP contribution in [0.4, 0.5) is 0 Å². The first-order valence-electron chi connectivity index (χ1n) is 4.94. The fraction of sp³-hybridized carbons (Fsp3) is 0. The molecular formula is C12H7BrN2S2. The van der Waals surface area contributed by atoms with Crippen molar-refractivity contribution in [3.63, 3.8) is 0 Å². The van der Waals surface area contributed by atoms with Crippen LogP contribution in [0.25, 0.3) is 21.3 Å². The molecule has 0 amide bonds. The van der Waals surface area contributed by atoms with E-state index < -0.39 is 0 Å². The first-order valence-corrected chi connectivity index (χ1v) is 7.49. The lowest BCUT2D eigenvalue weighted by Gasteiger charge is -1.96. The fourth-order valence-corrected chi connectivity index (χ4v) is 3.35. The zero-order valence-electron chi connectivity index (χ0n) is 8.63. The van der Waals surface area contributed by atoms with Crippen LogP contribution in [0, 0.1) is 0 Å². The Kier molecular flexibility index (Phi) is 3.05. The molecule has 0 saturated carbocycles. The predicted molar refractivity (Wildman–Crippen MR) is 76.4 cm³/mol. The Morgan fingerprint density at radius 2 is 2.06 bits per heavy atom. The summed E-state index contributed by atoms with van der Waals surface area (Å²) in [5.74, 6) is 0. The second kappa shape index (κ2) is 4.68. The van der Waals surface area contributed by atoms with Crippen molar-refractivity contribution in [2.24, 2.45) is 0 Å². The zero-order valence-corrected chi connectivity index (χ0v) is 11.8. The molecule has 0 radical (unpaired) electrons. The van der Waals surface area contributed by atoms with E-state index in [1.807, 2.05) is 17.5 Å². The number of benzene rings is 1. The van der Waals surface area contributed by atoms with E-state index in [-0.39, 0.29) is 0 Å². The summed E-state index contributed by atoms with van der Waals surface area (Å²) in [4.78, 5) is 8.87. The molecule has 0 fully saturated rings. The number of aromatic nitrogens is 2. The molecule has 0 spiro atoms. The first kappa shape index (κ1) is 11.1. The average Bonchev–Trinajstić information content (AvgIpc) is 3.00. The molecule has 0 atom stereocenters. The van der Waals surface area contributed by atoms with Gasteiger partial charge in [0.2, 0.25) is 0 Å². The van der Waals surface area contributed by atoms with Gasteiger partial charge in [-0.15, -0.1) is 22.7 Å². The maximum atomic E-state index is 4.61. The summed E-state index contributed by atoms with van der Waals surface area (Å²) in [7, 11) is 0. The Hall–Kier alpha value is -1.04. The van der Waals surface area contributed by atoms with E-state index in [1.54, 1.807) is 28.9 Å². The van der Waals surface area contributed by atoms with Crippen molar-refractivity contribution in [2.45, 2.75) is 0 Å². The van der Waals surface area contributed by atoms with E-state index in [0.29, 0.717) is 0 Å². The highest BCUT2D eigenvalue weighted by molar-refractivity contribution is 9.10. The van der Waals surface area contributed by atoms with Gasteiger partial charge in [-0.1, -0.05) is 28.1 Å². The van der Waals surface area contributed by atoms with Crippen molar-refractivity contribution >= 4 is 38.6 Å². The summed E-state index contributed by atoms with van der Waals surface area (Å²) >= 11 is 6.73. The fourth-order valence-electron chi connectivity index (χ4n) is 1.48. The molecule has 0 aliphatic rings. The summed E-state index contributed by atoms with van der Waals surface area (Å²) in [5.41, 5.74) is 2.09. The van der Waals surface area contributed by atoms with E-state index in [4.69, 9.17) is 0 Å². The van der Waals surface area contributed by atoms with Crippen LogP contribution in [0.1, 0.15) is 0 Å². The number of rotatable bonds is 2. The Bertz CT molecular complexity index is 632. The van der Waals surface area contributed by atoms with Crippen LogP contribution in [-0.4, -0.2) is 9.97 Å². The van der Waals surface area contributed by atoms with Crippen LogP contribution in [0.5, 0.6) is 0 Å². The van der Waals surface area contributed by atoms with Crippen molar-refractivity contribution in [1.82, 2.24) is 9.97 Å². The molecule has 2 heterocycles. The molecule has 1 aromatic carbocycles. The summed E-state index contributed by atoms with van der Waals surface area (Å²) in [5, 5.41) is 6.02. The standard InChI is InChI=1S/C12H7BrN2S2/c13-9-3-1-2-8(6-9)11-15-10(7-17-11)12-14-4-5-16-12/h1-7H. The minimum Gasteiger partial charge on any atom is -0.243 e. The Morgan fingerprint density at radius 3 is 2.82 bits per heavy atom. The molecule has 0 aliphatic heterocycles. The van der Waals surface area contributed by atoms with E-state index in [0.717, 1.165) is 25.7 Å². The monoisotopic (exact) mass is 322 g/mol. The molecule has 3 rings (SSSR count). The molecule has 2 aromatic heterocycles. The first-order chi connectivity index (χ1) is 8.33. The summed E-state index contributed by atoms with van der Waals surface area (Å²) in [6, 6.07) is 8.17. The highest BCUT2D eigenvalue weighted by atomic mass is 79.9. The number of halogens is 1. The maximum absolute atomic E-state index is 4.61. The molecule has 3 aromatic rings. The van der Waals surface area contributed by atoms with Crippen molar-refractivity contribution < 1.29 is 0 Å². The SMILES string of the molecule is Brc1cccc(-c2nc(-c3nccs3)cs2)c1. The van der Waals surface area contributed by atoms with Gasteiger partial charge in [0.25, 0.3) is 0 Å². The molecular weight excluding hydrogens is 316 g/mol. The molecule has 5 heteroatoms. The highest BCUT2D eigenvalue weighted by Gasteiger charge is 2.08.